The molecule has 0 nitrogen and oxygen atoms in total. The molecule has 3 aliphatic carbocycles. The van der Waals surface area contributed by atoms with E-state index in [2.05, 4.69) is 46.6 Å². The quantitative estimate of drug-likeness (QED) is 0.496. The summed E-state index contributed by atoms with van der Waals surface area (Å²) in [5.74, 6) is 5.48. The van der Waals surface area contributed by atoms with E-state index in [1.54, 1.807) is 5.57 Å². The van der Waals surface area contributed by atoms with Crippen LogP contribution in [0.3, 0.4) is 0 Å². The summed E-state index contributed by atoms with van der Waals surface area (Å²) in [7, 11) is 0. The molecule has 3 aliphatic rings. The molecule has 18 heavy (non-hydrogen) atoms. The average molecular weight is 242 g/mol. The Morgan fingerprint density at radius 2 is 2.06 bits per heavy atom. The van der Waals surface area contributed by atoms with Gasteiger partial charge in [-0.2, -0.15) is 0 Å². The van der Waals surface area contributed by atoms with Gasteiger partial charge in [-0.1, -0.05) is 39.3 Å². The van der Waals surface area contributed by atoms with Crippen molar-refractivity contribution in [1.29, 1.82) is 0 Å². The molecule has 3 saturated carbocycles. The minimum absolute atomic E-state index is 0.554. The zero-order chi connectivity index (χ0) is 13.3. The maximum Gasteiger partial charge on any atom is 0.00890 e. The Kier molecular flexibility index (Phi) is 2.22. The van der Waals surface area contributed by atoms with Crippen molar-refractivity contribution >= 4 is 0 Å². The maximum atomic E-state index is 5.46. The summed E-state index contributed by atoms with van der Waals surface area (Å²) >= 11 is 0. The van der Waals surface area contributed by atoms with Crippen molar-refractivity contribution in [2.75, 3.05) is 0 Å². The second-order valence-corrected chi connectivity index (χ2v) is 7.14. The van der Waals surface area contributed by atoms with Gasteiger partial charge in [0.2, 0.25) is 0 Å². The molecule has 6 unspecified atom stereocenters. The number of allylic oxidation sites excluding steroid dienone is 2. The van der Waals surface area contributed by atoms with Crippen molar-refractivity contribution < 1.29 is 0 Å². The molecular formula is C18H26. The van der Waals surface area contributed by atoms with Gasteiger partial charge in [-0.05, 0) is 48.3 Å². The Bertz CT molecular complexity index is 465. The molecule has 0 aromatic carbocycles. The lowest BCUT2D eigenvalue weighted by atomic mass is 9.51. The van der Waals surface area contributed by atoms with Gasteiger partial charge in [0.25, 0.3) is 0 Å². The third kappa shape index (κ3) is 0.833. The molecular weight excluding hydrogens is 216 g/mol. The van der Waals surface area contributed by atoms with Crippen LogP contribution in [0.25, 0.3) is 0 Å². The smallest absolute Gasteiger partial charge is 0.00890 e. The molecule has 3 rings (SSSR count). The largest absolute Gasteiger partial charge is 0.120 e. The van der Waals surface area contributed by atoms with Crippen LogP contribution in [0.4, 0.5) is 0 Å². The fourth-order valence-electron chi connectivity index (χ4n) is 6.46. The molecule has 3 fully saturated rings. The summed E-state index contributed by atoms with van der Waals surface area (Å²) in [4.78, 5) is 0. The first-order valence-corrected chi connectivity index (χ1v) is 7.58. The van der Waals surface area contributed by atoms with Crippen LogP contribution < -0.4 is 0 Å². The zero-order valence-electron chi connectivity index (χ0n) is 12.5. The molecule has 6 atom stereocenters. The van der Waals surface area contributed by atoms with E-state index in [9.17, 15) is 0 Å². The van der Waals surface area contributed by atoms with Gasteiger partial charge in [-0.15, -0.1) is 12.3 Å². The fraction of sp³-hybridized carbons (Fsp3) is 0.778. The second-order valence-electron chi connectivity index (χ2n) is 7.14. The first-order valence-electron chi connectivity index (χ1n) is 7.58. The van der Waals surface area contributed by atoms with Gasteiger partial charge < -0.3 is 0 Å². The van der Waals surface area contributed by atoms with Gasteiger partial charge in [0, 0.05) is 11.8 Å². The van der Waals surface area contributed by atoms with E-state index in [0.29, 0.717) is 16.2 Å². The minimum atomic E-state index is 0.554. The average Bonchev–Trinajstić information content (AvgIpc) is 3.06. The molecule has 0 heteroatoms. The first-order chi connectivity index (χ1) is 8.46. The summed E-state index contributed by atoms with van der Waals surface area (Å²) < 4.78 is 0. The van der Waals surface area contributed by atoms with Gasteiger partial charge in [0.1, 0.15) is 0 Å². The lowest BCUT2D eigenvalue weighted by molar-refractivity contribution is -0.0221. The van der Waals surface area contributed by atoms with E-state index >= 15 is 0 Å². The molecule has 0 bridgehead atoms. The highest BCUT2D eigenvalue weighted by molar-refractivity contribution is 5.59. The van der Waals surface area contributed by atoms with E-state index in [-0.39, 0.29) is 0 Å². The predicted octanol–water partition coefficient (Wildman–Crippen LogP) is 4.66. The Hall–Kier alpha value is -0.700. The van der Waals surface area contributed by atoms with Crippen molar-refractivity contribution in [3.63, 3.8) is 0 Å². The van der Waals surface area contributed by atoms with E-state index in [4.69, 9.17) is 6.42 Å². The monoisotopic (exact) mass is 242 g/mol. The highest BCUT2D eigenvalue weighted by atomic mass is 15.1. The molecule has 0 aromatic heterocycles. The van der Waals surface area contributed by atoms with Crippen LogP contribution in [0.2, 0.25) is 0 Å². The van der Waals surface area contributed by atoms with E-state index in [1.165, 1.54) is 12.8 Å². The molecule has 0 radical (unpaired) electrons. The third-order valence-corrected chi connectivity index (χ3v) is 7.34. The van der Waals surface area contributed by atoms with Crippen LogP contribution >= 0.6 is 0 Å². The molecule has 0 saturated heterocycles. The van der Waals surface area contributed by atoms with Gasteiger partial charge in [0.15, 0.2) is 0 Å². The Balaban J connectivity index is 1.88. The van der Waals surface area contributed by atoms with E-state index < -0.39 is 0 Å². The van der Waals surface area contributed by atoms with Gasteiger partial charge in [0.05, 0.1) is 0 Å². The predicted molar refractivity (Wildman–Crippen MR) is 76.9 cm³/mol. The van der Waals surface area contributed by atoms with Crippen molar-refractivity contribution in [3.8, 4) is 12.3 Å². The molecule has 0 aromatic rings. The molecule has 0 aliphatic heterocycles. The fourth-order valence-corrected chi connectivity index (χ4v) is 6.46. The van der Waals surface area contributed by atoms with Crippen LogP contribution in [-0.4, -0.2) is 0 Å². The molecule has 98 valence electrons. The Labute approximate surface area is 112 Å². The van der Waals surface area contributed by atoms with Crippen molar-refractivity contribution in [1.82, 2.24) is 0 Å². The second kappa shape index (κ2) is 3.24. The lowest BCUT2D eigenvalue weighted by Gasteiger charge is -2.52. The maximum absolute atomic E-state index is 5.46. The number of rotatable bonds is 4. The topological polar surface area (TPSA) is 0 Å². The van der Waals surface area contributed by atoms with Crippen LogP contribution in [0, 0.1) is 46.3 Å². The van der Waals surface area contributed by atoms with Gasteiger partial charge >= 0.3 is 0 Å². The molecule has 0 amide bonds. The Morgan fingerprint density at radius 1 is 1.39 bits per heavy atom. The van der Waals surface area contributed by atoms with E-state index in [1.807, 2.05) is 0 Å². The van der Waals surface area contributed by atoms with E-state index in [0.717, 1.165) is 24.2 Å². The standard InChI is InChI=1S/C18H26/c1-7-9-10-15-13(4)17(11-12(3)8-2)16(6)14(5)18(15,16)17/h1,11,13-15H,8-10H2,2-6H3. The zero-order valence-corrected chi connectivity index (χ0v) is 12.5. The van der Waals surface area contributed by atoms with Crippen molar-refractivity contribution in [2.24, 2.45) is 34.0 Å². The Morgan fingerprint density at radius 3 is 2.56 bits per heavy atom. The number of hydrogen-bond donors (Lipinski definition) is 0. The minimum Gasteiger partial charge on any atom is -0.120 e. The number of fused-ring (bicyclic) bond motifs is 1. The van der Waals surface area contributed by atoms with Crippen LogP contribution in [-0.2, 0) is 0 Å². The van der Waals surface area contributed by atoms with Crippen LogP contribution in [0.1, 0.15) is 53.9 Å². The molecule has 0 N–H and O–H groups in total. The van der Waals surface area contributed by atoms with Crippen molar-refractivity contribution in [3.05, 3.63) is 11.6 Å². The van der Waals surface area contributed by atoms with Gasteiger partial charge in [-0.3, -0.25) is 0 Å². The van der Waals surface area contributed by atoms with Gasteiger partial charge in [-0.25, -0.2) is 0 Å². The van der Waals surface area contributed by atoms with Crippen LogP contribution in [0.5, 0.6) is 0 Å². The molecule has 0 heterocycles. The SMILES string of the molecule is C#CCCC1C(C)C2(C=C(C)CC)C3(C)C(C)C132. The summed E-state index contributed by atoms with van der Waals surface area (Å²) in [6.07, 6.45) is 11.5. The highest BCUT2D eigenvalue weighted by Crippen LogP contribution is 3.11. The van der Waals surface area contributed by atoms with Crippen LogP contribution in [0.15, 0.2) is 11.6 Å². The normalized spacial score (nSPS) is 56.0. The third-order valence-electron chi connectivity index (χ3n) is 7.34. The first kappa shape index (κ1) is 12.3. The number of terminal acetylenes is 1. The summed E-state index contributed by atoms with van der Waals surface area (Å²) in [6.45, 7) is 12.0. The lowest BCUT2D eigenvalue weighted by Crippen LogP contribution is -2.48. The van der Waals surface area contributed by atoms with Crippen molar-refractivity contribution in [2.45, 2.75) is 53.9 Å². The number of hydrogen-bond acceptors (Lipinski definition) is 0. The summed E-state index contributed by atoms with van der Waals surface area (Å²) in [5, 5.41) is 0. The molecule has 1 spiro atoms. The summed E-state index contributed by atoms with van der Waals surface area (Å²) in [5.41, 5.74) is 3.39. The highest BCUT2D eigenvalue weighted by Gasteiger charge is 3.08. The summed E-state index contributed by atoms with van der Waals surface area (Å²) in [6, 6.07) is 0.